The Morgan fingerprint density at radius 1 is 1.45 bits per heavy atom. The highest BCUT2D eigenvalue weighted by Gasteiger charge is 2.37. The SMILES string of the molecule is O=CC1CON2CCOCC12. The topological polar surface area (TPSA) is 38.8 Å². The molecule has 2 unspecified atom stereocenters. The van der Waals surface area contributed by atoms with Gasteiger partial charge in [0.2, 0.25) is 0 Å². The first kappa shape index (κ1) is 7.21. The molecule has 0 radical (unpaired) electrons. The fraction of sp³-hybridized carbons (Fsp3) is 0.857. The van der Waals surface area contributed by atoms with E-state index in [2.05, 4.69) is 0 Å². The van der Waals surface area contributed by atoms with E-state index in [4.69, 9.17) is 9.57 Å². The van der Waals surface area contributed by atoms with Gasteiger partial charge in [0.25, 0.3) is 0 Å². The Morgan fingerprint density at radius 2 is 2.36 bits per heavy atom. The lowest BCUT2D eigenvalue weighted by Gasteiger charge is -2.28. The van der Waals surface area contributed by atoms with Gasteiger partial charge >= 0.3 is 0 Å². The predicted octanol–water partition coefficient (Wildman–Crippen LogP) is -0.553. The number of hydrogen-bond donors (Lipinski definition) is 0. The van der Waals surface area contributed by atoms with Crippen molar-refractivity contribution in [2.24, 2.45) is 5.92 Å². The predicted molar refractivity (Wildman–Crippen MR) is 36.8 cm³/mol. The molecule has 0 aliphatic carbocycles. The van der Waals surface area contributed by atoms with Crippen molar-refractivity contribution >= 4 is 6.29 Å². The average Bonchev–Trinajstić information content (AvgIpc) is 2.47. The number of hydrogen-bond acceptors (Lipinski definition) is 4. The number of morpholine rings is 1. The Bertz CT molecular complexity index is 162. The molecule has 2 aliphatic heterocycles. The number of hydroxylamine groups is 2. The average molecular weight is 157 g/mol. The van der Waals surface area contributed by atoms with Gasteiger partial charge in [-0.25, -0.2) is 0 Å². The minimum absolute atomic E-state index is 0.00954. The molecule has 0 N–H and O–H groups in total. The third-order valence-electron chi connectivity index (χ3n) is 2.22. The first-order chi connectivity index (χ1) is 5.42. The van der Waals surface area contributed by atoms with Gasteiger partial charge in [0.1, 0.15) is 6.29 Å². The summed E-state index contributed by atoms with van der Waals surface area (Å²) >= 11 is 0. The van der Waals surface area contributed by atoms with E-state index in [1.54, 1.807) is 0 Å². The molecule has 0 saturated carbocycles. The maximum Gasteiger partial charge on any atom is 0.127 e. The third kappa shape index (κ3) is 1.17. The lowest BCUT2D eigenvalue weighted by molar-refractivity contribution is -0.175. The molecule has 0 bridgehead atoms. The fourth-order valence-electron chi connectivity index (χ4n) is 1.53. The first-order valence-electron chi connectivity index (χ1n) is 3.84. The largest absolute Gasteiger partial charge is 0.378 e. The molecule has 0 aromatic heterocycles. The number of nitrogens with zero attached hydrogens (tertiary/aromatic N) is 1. The lowest BCUT2D eigenvalue weighted by atomic mass is 10.0. The van der Waals surface area contributed by atoms with E-state index in [-0.39, 0.29) is 12.0 Å². The van der Waals surface area contributed by atoms with Crippen LogP contribution < -0.4 is 0 Å². The zero-order chi connectivity index (χ0) is 7.68. The maximum atomic E-state index is 10.5. The minimum atomic E-state index is 0.00954. The summed E-state index contributed by atoms with van der Waals surface area (Å²) in [6.45, 7) is 2.65. The Kier molecular flexibility index (Phi) is 1.89. The molecule has 2 fully saturated rings. The highest BCUT2D eigenvalue weighted by atomic mass is 16.7. The monoisotopic (exact) mass is 157 g/mol. The summed E-state index contributed by atoms with van der Waals surface area (Å²) in [5, 5.41) is 1.86. The van der Waals surface area contributed by atoms with Crippen LogP contribution >= 0.6 is 0 Å². The molecular formula is C7H11NO3. The minimum Gasteiger partial charge on any atom is -0.378 e. The Balaban J connectivity index is 2.03. The van der Waals surface area contributed by atoms with Crippen LogP contribution in [0.3, 0.4) is 0 Å². The van der Waals surface area contributed by atoms with Crippen LogP contribution in [0.25, 0.3) is 0 Å². The van der Waals surface area contributed by atoms with Gasteiger partial charge in [0.15, 0.2) is 0 Å². The number of fused-ring (bicyclic) bond motifs is 1. The smallest absolute Gasteiger partial charge is 0.127 e. The first-order valence-corrected chi connectivity index (χ1v) is 3.84. The van der Waals surface area contributed by atoms with Crippen LogP contribution in [0.4, 0.5) is 0 Å². The van der Waals surface area contributed by atoms with Crippen LogP contribution in [-0.2, 0) is 14.4 Å². The number of ether oxygens (including phenoxy) is 1. The van der Waals surface area contributed by atoms with Crippen molar-refractivity contribution in [3.05, 3.63) is 0 Å². The van der Waals surface area contributed by atoms with Gasteiger partial charge in [-0.15, -0.1) is 0 Å². The van der Waals surface area contributed by atoms with Crippen molar-refractivity contribution in [2.75, 3.05) is 26.4 Å². The van der Waals surface area contributed by atoms with E-state index in [1.807, 2.05) is 5.06 Å². The van der Waals surface area contributed by atoms with Gasteiger partial charge in [-0.05, 0) is 0 Å². The third-order valence-corrected chi connectivity index (χ3v) is 2.22. The van der Waals surface area contributed by atoms with Gasteiger partial charge in [0, 0.05) is 6.54 Å². The van der Waals surface area contributed by atoms with E-state index in [0.29, 0.717) is 19.8 Å². The van der Waals surface area contributed by atoms with E-state index in [1.165, 1.54) is 0 Å². The fourth-order valence-corrected chi connectivity index (χ4v) is 1.53. The van der Waals surface area contributed by atoms with Gasteiger partial charge < -0.3 is 9.53 Å². The summed E-state index contributed by atoms with van der Waals surface area (Å²) < 4.78 is 5.23. The molecule has 2 saturated heterocycles. The van der Waals surface area contributed by atoms with E-state index in [0.717, 1.165) is 12.8 Å². The second-order valence-corrected chi connectivity index (χ2v) is 2.88. The quantitative estimate of drug-likeness (QED) is 0.479. The van der Waals surface area contributed by atoms with Crippen molar-refractivity contribution in [2.45, 2.75) is 6.04 Å². The molecule has 2 rings (SSSR count). The van der Waals surface area contributed by atoms with Gasteiger partial charge in [0.05, 0.1) is 31.8 Å². The van der Waals surface area contributed by atoms with E-state index >= 15 is 0 Å². The summed E-state index contributed by atoms with van der Waals surface area (Å²) in [6.07, 6.45) is 0.958. The lowest BCUT2D eigenvalue weighted by Crippen LogP contribution is -2.43. The van der Waals surface area contributed by atoms with Crippen LogP contribution in [0.1, 0.15) is 0 Å². The van der Waals surface area contributed by atoms with Crippen LogP contribution in [0.15, 0.2) is 0 Å². The van der Waals surface area contributed by atoms with Crippen LogP contribution in [-0.4, -0.2) is 43.8 Å². The standard InChI is InChI=1S/C7H11NO3/c9-3-6-4-11-8-1-2-10-5-7(6)8/h3,6-7H,1-2,4-5H2. The number of carbonyl (C=O) groups is 1. The maximum absolute atomic E-state index is 10.5. The summed E-state index contributed by atoms with van der Waals surface area (Å²) in [5.41, 5.74) is 0. The molecule has 0 aromatic rings. The van der Waals surface area contributed by atoms with E-state index in [9.17, 15) is 4.79 Å². The molecule has 11 heavy (non-hydrogen) atoms. The molecule has 2 atom stereocenters. The van der Waals surface area contributed by atoms with Gasteiger partial charge in [-0.2, -0.15) is 5.06 Å². The highest BCUT2D eigenvalue weighted by molar-refractivity contribution is 5.55. The molecule has 0 aromatic carbocycles. The molecule has 2 aliphatic rings. The molecular weight excluding hydrogens is 146 g/mol. The second kappa shape index (κ2) is 2.89. The molecule has 4 heteroatoms. The zero-order valence-corrected chi connectivity index (χ0v) is 6.23. The summed E-state index contributed by atoms with van der Waals surface area (Å²) in [7, 11) is 0. The van der Waals surface area contributed by atoms with Crippen molar-refractivity contribution < 1.29 is 14.4 Å². The van der Waals surface area contributed by atoms with E-state index < -0.39 is 0 Å². The molecule has 2 heterocycles. The van der Waals surface area contributed by atoms with Crippen molar-refractivity contribution in [1.82, 2.24) is 5.06 Å². The Hall–Kier alpha value is -0.450. The molecule has 4 nitrogen and oxygen atoms in total. The Morgan fingerprint density at radius 3 is 3.18 bits per heavy atom. The molecule has 0 spiro atoms. The van der Waals surface area contributed by atoms with Gasteiger partial charge in [-0.1, -0.05) is 0 Å². The van der Waals surface area contributed by atoms with Crippen molar-refractivity contribution in [3.8, 4) is 0 Å². The summed E-state index contributed by atoms with van der Waals surface area (Å²) in [5.74, 6) is 0.00954. The molecule has 0 amide bonds. The van der Waals surface area contributed by atoms with Crippen molar-refractivity contribution in [3.63, 3.8) is 0 Å². The van der Waals surface area contributed by atoms with Crippen LogP contribution in [0.5, 0.6) is 0 Å². The summed E-state index contributed by atoms with van der Waals surface area (Å²) in [6, 6.07) is 0.168. The van der Waals surface area contributed by atoms with Gasteiger partial charge in [-0.3, -0.25) is 4.84 Å². The number of aldehydes is 1. The second-order valence-electron chi connectivity index (χ2n) is 2.88. The molecule has 62 valence electrons. The highest BCUT2D eigenvalue weighted by Crippen LogP contribution is 2.22. The van der Waals surface area contributed by atoms with Crippen LogP contribution in [0, 0.1) is 5.92 Å². The van der Waals surface area contributed by atoms with Crippen molar-refractivity contribution in [1.29, 1.82) is 0 Å². The zero-order valence-electron chi connectivity index (χ0n) is 6.23. The Labute approximate surface area is 65.0 Å². The normalized spacial score (nSPS) is 38.5. The number of rotatable bonds is 1. The summed E-state index contributed by atoms with van der Waals surface area (Å²) in [4.78, 5) is 15.8. The number of carbonyl (C=O) groups excluding carboxylic acids is 1. The van der Waals surface area contributed by atoms with Crippen LogP contribution in [0.2, 0.25) is 0 Å².